The Morgan fingerprint density at radius 2 is 1.67 bits per heavy atom. The Morgan fingerprint density at radius 1 is 1.17 bits per heavy atom. The minimum absolute atomic E-state index is 0.750. The van der Waals surface area contributed by atoms with Gasteiger partial charge in [-0.05, 0) is 43.7 Å². The van der Waals surface area contributed by atoms with Crippen LogP contribution in [0.15, 0.2) is 0 Å². The van der Waals surface area contributed by atoms with E-state index in [0.29, 0.717) is 0 Å². The predicted molar refractivity (Wildman–Crippen MR) is 54.8 cm³/mol. The molecule has 4 N–H and O–H groups in total. The van der Waals surface area contributed by atoms with Crippen LogP contribution >= 0.6 is 0 Å². The summed E-state index contributed by atoms with van der Waals surface area (Å²) in [4.78, 5) is 0. The lowest BCUT2D eigenvalue weighted by Crippen LogP contribution is -2.16. The Kier molecular flexibility index (Phi) is 6.39. The second-order valence-corrected chi connectivity index (χ2v) is 3.96. The highest BCUT2D eigenvalue weighted by Gasteiger charge is 2.26. The van der Waals surface area contributed by atoms with Gasteiger partial charge in [-0.25, -0.2) is 0 Å². The van der Waals surface area contributed by atoms with E-state index in [1.54, 1.807) is 0 Å². The van der Waals surface area contributed by atoms with Crippen molar-refractivity contribution in [1.82, 2.24) is 0 Å². The molecule has 1 fully saturated rings. The van der Waals surface area contributed by atoms with Crippen molar-refractivity contribution in [2.75, 3.05) is 13.1 Å². The molecule has 1 saturated carbocycles. The largest absolute Gasteiger partial charge is 0.331 e. The summed E-state index contributed by atoms with van der Waals surface area (Å²) < 4.78 is 0. The van der Waals surface area contributed by atoms with Gasteiger partial charge >= 0.3 is 0 Å². The summed E-state index contributed by atoms with van der Waals surface area (Å²) in [5.41, 5.74) is 10.4. The summed E-state index contributed by atoms with van der Waals surface area (Å²) in [5, 5.41) is 0. The Morgan fingerprint density at radius 3 is 1.83 bits per heavy atom. The molecule has 2 heteroatoms. The minimum Gasteiger partial charge on any atom is -0.331 e. The van der Waals surface area contributed by atoms with Gasteiger partial charge in [-0.15, -0.1) is 0 Å². The van der Waals surface area contributed by atoms with Gasteiger partial charge in [0, 0.05) is 0 Å². The van der Waals surface area contributed by atoms with Crippen molar-refractivity contribution in [1.29, 1.82) is 0 Å². The third-order valence-electron chi connectivity index (χ3n) is 2.59. The number of nitrogens with two attached hydrogens (primary N) is 2. The van der Waals surface area contributed by atoms with Crippen molar-refractivity contribution >= 4 is 0 Å². The average molecular weight is 172 g/mol. The van der Waals surface area contributed by atoms with Crippen LogP contribution in [0.25, 0.3) is 0 Å². The van der Waals surface area contributed by atoms with Crippen molar-refractivity contribution in [2.24, 2.45) is 29.2 Å². The first kappa shape index (κ1) is 11.9. The molecule has 0 spiro atoms. The van der Waals surface area contributed by atoms with Crippen molar-refractivity contribution in [3.8, 4) is 0 Å². The fraction of sp³-hybridized carbons (Fsp3) is 1.00. The zero-order valence-corrected chi connectivity index (χ0v) is 8.72. The molecule has 0 bridgehead atoms. The Labute approximate surface area is 76.7 Å². The van der Waals surface area contributed by atoms with Crippen LogP contribution in [0.2, 0.25) is 0 Å². The van der Waals surface area contributed by atoms with Gasteiger partial charge in [0.15, 0.2) is 0 Å². The molecule has 0 amide bonds. The third-order valence-corrected chi connectivity index (χ3v) is 2.59. The Hall–Kier alpha value is -0.0800. The topological polar surface area (TPSA) is 52.0 Å². The highest BCUT2D eigenvalue weighted by Crippen LogP contribution is 2.34. The molecule has 1 aliphatic carbocycles. The van der Waals surface area contributed by atoms with E-state index in [1.165, 1.54) is 12.8 Å². The summed E-state index contributed by atoms with van der Waals surface area (Å²) in [6.07, 6.45) is 2.75. The SMILES string of the molecule is CC1CC(C)C(CN)C1.CCN. The molecule has 0 aromatic rings. The summed E-state index contributed by atoms with van der Waals surface area (Å²) in [6.45, 7) is 8.19. The molecule has 1 aliphatic rings. The summed E-state index contributed by atoms with van der Waals surface area (Å²) in [6, 6.07) is 0. The van der Waals surface area contributed by atoms with Gasteiger partial charge in [0.2, 0.25) is 0 Å². The van der Waals surface area contributed by atoms with Gasteiger partial charge in [-0.2, -0.15) is 0 Å². The zero-order chi connectivity index (χ0) is 9.56. The van der Waals surface area contributed by atoms with E-state index >= 15 is 0 Å². The quantitative estimate of drug-likeness (QED) is 0.631. The van der Waals surface area contributed by atoms with E-state index in [4.69, 9.17) is 11.5 Å². The molecule has 0 aromatic heterocycles. The van der Waals surface area contributed by atoms with E-state index < -0.39 is 0 Å². The van der Waals surface area contributed by atoms with Gasteiger partial charge in [0.05, 0.1) is 0 Å². The average Bonchev–Trinajstić information content (AvgIpc) is 2.31. The monoisotopic (exact) mass is 172 g/mol. The maximum Gasteiger partial charge on any atom is -0.00462 e. The van der Waals surface area contributed by atoms with Gasteiger partial charge in [0.1, 0.15) is 0 Å². The van der Waals surface area contributed by atoms with E-state index in [0.717, 1.165) is 30.8 Å². The summed E-state index contributed by atoms with van der Waals surface area (Å²) >= 11 is 0. The van der Waals surface area contributed by atoms with Crippen LogP contribution in [-0.4, -0.2) is 13.1 Å². The van der Waals surface area contributed by atoms with Gasteiger partial charge in [-0.3, -0.25) is 0 Å². The second-order valence-electron chi connectivity index (χ2n) is 3.96. The molecule has 2 nitrogen and oxygen atoms in total. The normalized spacial score (nSPS) is 34.2. The van der Waals surface area contributed by atoms with E-state index in [9.17, 15) is 0 Å². The van der Waals surface area contributed by atoms with Crippen LogP contribution in [0.3, 0.4) is 0 Å². The Bertz CT molecular complexity index is 104. The lowest BCUT2D eigenvalue weighted by molar-refractivity contribution is 0.429. The molecule has 1 rings (SSSR count). The molecular formula is C10H24N2. The van der Waals surface area contributed by atoms with Crippen LogP contribution in [-0.2, 0) is 0 Å². The third kappa shape index (κ3) is 4.07. The zero-order valence-electron chi connectivity index (χ0n) is 8.72. The first-order chi connectivity index (χ1) is 5.65. The van der Waals surface area contributed by atoms with Crippen molar-refractivity contribution < 1.29 is 0 Å². The Balaban J connectivity index is 0.000000354. The van der Waals surface area contributed by atoms with Gasteiger partial charge < -0.3 is 11.5 Å². The smallest absolute Gasteiger partial charge is 0.00462 e. The van der Waals surface area contributed by atoms with Gasteiger partial charge in [-0.1, -0.05) is 20.8 Å². The fourth-order valence-electron chi connectivity index (χ4n) is 2.00. The molecule has 3 atom stereocenters. The van der Waals surface area contributed by atoms with Gasteiger partial charge in [0.25, 0.3) is 0 Å². The minimum atomic E-state index is 0.750. The highest BCUT2D eigenvalue weighted by molar-refractivity contribution is 4.78. The molecule has 0 aliphatic heterocycles. The first-order valence-corrected chi connectivity index (χ1v) is 5.05. The van der Waals surface area contributed by atoms with Crippen molar-refractivity contribution in [3.05, 3.63) is 0 Å². The summed E-state index contributed by atoms with van der Waals surface area (Å²) in [7, 11) is 0. The number of rotatable bonds is 1. The van der Waals surface area contributed by atoms with E-state index in [1.807, 2.05) is 6.92 Å². The molecular weight excluding hydrogens is 148 g/mol. The van der Waals surface area contributed by atoms with Crippen molar-refractivity contribution in [2.45, 2.75) is 33.6 Å². The van der Waals surface area contributed by atoms with E-state index in [2.05, 4.69) is 13.8 Å². The van der Waals surface area contributed by atoms with Crippen LogP contribution in [0.1, 0.15) is 33.6 Å². The summed E-state index contributed by atoms with van der Waals surface area (Å²) in [5.74, 6) is 2.62. The van der Waals surface area contributed by atoms with Crippen LogP contribution in [0, 0.1) is 17.8 Å². The molecule has 0 heterocycles. The molecule has 12 heavy (non-hydrogen) atoms. The number of hydrogen-bond acceptors (Lipinski definition) is 2. The maximum atomic E-state index is 5.59. The lowest BCUT2D eigenvalue weighted by atomic mass is 9.99. The molecule has 0 radical (unpaired) electrons. The fourth-order valence-corrected chi connectivity index (χ4v) is 2.00. The predicted octanol–water partition coefficient (Wildman–Crippen LogP) is 1.59. The molecule has 74 valence electrons. The highest BCUT2D eigenvalue weighted by atomic mass is 14.6. The van der Waals surface area contributed by atoms with Crippen LogP contribution < -0.4 is 11.5 Å². The first-order valence-electron chi connectivity index (χ1n) is 5.05. The molecule has 0 aromatic carbocycles. The van der Waals surface area contributed by atoms with Crippen LogP contribution in [0.4, 0.5) is 0 Å². The molecule has 3 unspecified atom stereocenters. The molecule has 0 saturated heterocycles. The second kappa shape index (κ2) is 6.44. The maximum absolute atomic E-state index is 5.59. The standard InChI is InChI=1S/C8H17N.C2H7N/c1-6-3-7(2)8(4-6)5-9;1-2-3/h6-8H,3-5,9H2,1-2H3;2-3H2,1H3. The van der Waals surface area contributed by atoms with E-state index in [-0.39, 0.29) is 0 Å². The number of hydrogen-bond donors (Lipinski definition) is 2. The lowest BCUT2D eigenvalue weighted by Gasteiger charge is -2.10. The van der Waals surface area contributed by atoms with Crippen molar-refractivity contribution in [3.63, 3.8) is 0 Å². The van der Waals surface area contributed by atoms with Crippen LogP contribution in [0.5, 0.6) is 0 Å².